The number of para-hydroxylation sites is 1. The number of allylic oxidation sites excluding steroid dienone is 1. The SMILES string of the molecule is C=C(C=C1C(=O)N(c2ccccc2C)C1c1ccccc1)NOCCCN(CC)CCCC. The Balaban J connectivity index is 1.61. The Labute approximate surface area is 198 Å². The molecular weight excluding hydrogens is 410 g/mol. The van der Waals surface area contributed by atoms with E-state index in [0.29, 0.717) is 17.9 Å². The molecule has 1 N–H and O–H groups in total. The average Bonchev–Trinajstić information content (AvgIpc) is 2.84. The fraction of sp³-hybridized carbons (Fsp3) is 0.393. The third kappa shape index (κ3) is 6.34. The van der Waals surface area contributed by atoms with E-state index in [9.17, 15) is 4.79 Å². The topological polar surface area (TPSA) is 44.8 Å². The highest BCUT2D eigenvalue weighted by molar-refractivity contribution is 6.16. The van der Waals surface area contributed by atoms with Crippen LogP contribution in [0.15, 0.2) is 78.5 Å². The van der Waals surface area contributed by atoms with Crippen molar-refractivity contribution in [3.05, 3.63) is 89.6 Å². The van der Waals surface area contributed by atoms with Crippen molar-refractivity contribution in [1.82, 2.24) is 10.4 Å². The molecule has 3 rings (SSSR count). The van der Waals surface area contributed by atoms with Crippen LogP contribution in [0.5, 0.6) is 0 Å². The van der Waals surface area contributed by atoms with E-state index in [2.05, 4.69) is 42.9 Å². The molecule has 0 aliphatic carbocycles. The van der Waals surface area contributed by atoms with Gasteiger partial charge in [-0.15, -0.1) is 0 Å². The lowest BCUT2D eigenvalue weighted by molar-refractivity contribution is -0.119. The van der Waals surface area contributed by atoms with Gasteiger partial charge in [0.05, 0.1) is 18.3 Å². The first-order valence-corrected chi connectivity index (χ1v) is 12.0. The van der Waals surface area contributed by atoms with Crippen molar-refractivity contribution in [2.24, 2.45) is 0 Å². The zero-order valence-corrected chi connectivity index (χ0v) is 20.2. The fourth-order valence-electron chi connectivity index (χ4n) is 4.16. The number of rotatable bonds is 13. The molecular formula is C28H37N3O2. The van der Waals surface area contributed by atoms with Crippen LogP contribution in [-0.2, 0) is 9.63 Å². The van der Waals surface area contributed by atoms with Crippen LogP contribution in [0.4, 0.5) is 5.69 Å². The van der Waals surface area contributed by atoms with E-state index in [1.165, 1.54) is 12.8 Å². The van der Waals surface area contributed by atoms with Crippen LogP contribution in [0.3, 0.4) is 0 Å². The number of hydrogen-bond acceptors (Lipinski definition) is 4. The van der Waals surface area contributed by atoms with Gasteiger partial charge in [0, 0.05) is 17.8 Å². The highest BCUT2D eigenvalue weighted by atomic mass is 16.6. The molecule has 2 aromatic carbocycles. The number of unbranched alkanes of at least 4 members (excludes halogenated alkanes) is 1. The minimum absolute atomic E-state index is 0.00406. The summed E-state index contributed by atoms with van der Waals surface area (Å²) in [6, 6.07) is 17.9. The molecule has 0 aromatic heterocycles. The Bertz CT molecular complexity index is 955. The largest absolute Gasteiger partial charge is 0.304 e. The van der Waals surface area contributed by atoms with E-state index in [-0.39, 0.29) is 11.9 Å². The van der Waals surface area contributed by atoms with Gasteiger partial charge < -0.3 is 4.90 Å². The van der Waals surface area contributed by atoms with Crippen LogP contribution < -0.4 is 10.4 Å². The van der Waals surface area contributed by atoms with Gasteiger partial charge in [0.15, 0.2) is 0 Å². The maximum absolute atomic E-state index is 13.1. The Morgan fingerprint density at radius 3 is 2.48 bits per heavy atom. The number of β-lactam (4-membered cyclic amide) rings is 1. The predicted octanol–water partition coefficient (Wildman–Crippen LogP) is 5.56. The Hall–Kier alpha value is -2.89. The van der Waals surface area contributed by atoms with Crippen molar-refractivity contribution < 1.29 is 9.63 Å². The zero-order chi connectivity index (χ0) is 23.6. The van der Waals surface area contributed by atoms with E-state index in [4.69, 9.17) is 4.84 Å². The van der Waals surface area contributed by atoms with Gasteiger partial charge in [0.1, 0.15) is 0 Å². The molecule has 1 aliphatic heterocycles. The number of anilines is 1. The summed E-state index contributed by atoms with van der Waals surface area (Å²) in [5.41, 5.74) is 7.30. The number of aryl methyl sites for hydroxylation is 1. The maximum Gasteiger partial charge on any atom is 0.257 e. The monoisotopic (exact) mass is 447 g/mol. The van der Waals surface area contributed by atoms with E-state index < -0.39 is 0 Å². The summed E-state index contributed by atoms with van der Waals surface area (Å²) < 4.78 is 0. The summed E-state index contributed by atoms with van der Waals surface area (Å²) >= 11 is 0. The molecule has 5 nitrogen and oxygen atoms in total. The lowest BCUT2D eigenvalue weighted by atomic mass is 9.86. The maximum atomic E-state index is 13.1. The van der Waals surface area contributed by atoms with Crippen LogP contribution in [0.1, 0.15) is 50.3 Å². The molecule has 0 radical (unpaired) electrons. The van der Waals surface area contributed by atoms with Crippen LogP contribution in [0.25, 0.3) is 0 Å². The first-order valence-electron chi connectivity index (χ1n) is 12.0. The summed E-state index contributed by atoms with van der Waals surface area (Å²) in [7, 11) is 0. The molecule has 0 spiro atoms. The number of nitrogens with zero attached hydrogens (tertiary/aromatic N) is 2. The first kappa shape index (κ1) is 24.7. The highest BCUT2D eigenvalue weighted by Crippen LogP contribution is 2.44. The third-order valence-electron chi connectivity index (χ3n) is 6.04. The van der Waals surface area contributed by atoms with Gasteiger partial charge in [-0.2, -0.15) is 0 Å². The molecule has 1 fully saturated rings. The van der Waals surface area contributed by atoms with Crippen LogP contribution in [0, 0.1) is 6.92 Å². The summed E-state index contributed by atoms with van der Waals surface area (Å²) in [5.74, 6) is -0.00406. The second kappa shape index (κ2) is 12.4. The van der Waals surface area contributed by atoms with E-state index in [1.54, 1.807) is 0 Å². The second-order valence-corrected chi connectivity index (χ2v) is 8.49. The zero-order valence-electron chi connectivity index (χ0n) is 20.2. The lowest BCUT2D eigenvalue weighted by Crippen LogP contribution is -2.49. The van der Waals surface area contributed by atoms with Crippen molar-refractivity contribution in [2.45, 2.75) is 46.1 Å². The molecule has 0 bridgehead atoms. The Kier molecular flexibility index (Phi) is 9.28. The quantitative estimate of drug-likeness (QED) is 0.189. The highest BCUT2D eigenvalue weighted by Gasteiger charge is 2.44. The third-order valence-corrected chi connectivity index (χ3v) is 6.04. The van der Waals surface area contributed by atoms with Crippen LogP contribution in [-0.4, -0.2) is 37.0 Å². The van der Waals surface area contributed by atoms with Crippen LogP contribution in [0.2, 0.25) is 0 Å². The van der Waals surface area contributed by atoms with Gasteiger partial charge >= 0.3 is 0 Å². The summed E-state index contributed by atoms with van der Waals surface area (Å²) in [5, 5.41) is 0. The number of amides is 1. The summed E-state index contributed by atoms with van der Waals surface area (Å²) in [4.78, 5) is 23.1. The Morgan fingerprint density at radius 1 is 1.09 bits per heavy atom. The van der Waals surface area contributed by atoms with Crippen molar-refractivity contribution in [3.8, 4) is 0 Å². The molecule has 1 atom stereocenters. The molecule has 33 heavy (non-hydrogen) atoms. The standard InChI is InChI=1S/C28H37N3O2/c1-5-7-18-30(6-2)19-13-20-33-29-23(4)21-25-27(24-15-9-8-10-16-24)31(28(25)32)26-17-12-11-14-22(26)3/h8-12,14-17,21,27,29H,4-7,13,18-20H2,1-3H3. The summed E-state index contributed by atoms with van der Waals surface area (Å²) in [6.45, 7) is 14.3. The normalized spacial score (nSPS) is 16.8. The number of carbonyl (C=O) groups is 1. The molecule has 2 aromatic rings. The van der Waals surface area contributed by atoms with Crippen molar-refractivity contribution in [3.63, 3.8) is 0 Å². The smallest absolute Gasteiger partial charge is 0.257 e. The van der Waals surface area contributed by atoms with Gasteiger partial charge in [-0.25, -0.2) is 0 Å². The Morgan fingerprint density at radius 2 is 1.79 bits per heavy atom. The minimum atomic E-state index is -0.143. The van der Waals surface area contributed by atoms with E-state index >= 15 is 0 Å². The number of benzene rings is 2. The van der Waals surface area contributed by atoms with Gasteiger partial charge in [0.2, 0.25) is 0 Å². The summed E-state index contributed by atoms with van der Waals surface area (Å²) in [6.07, 6.45) is 5.20. The number of hydroxylamine groups is 1. The second-order valence-electron chi connectivity index (χ2n) is 8.49. The predicted molar refractivity (Wildman–Crippen MR) is 136 cm³/mol. The van der Waals surface area contributed by atoms with Gasteiger partial charge in [-0.3, -0.25) is 20.0 Å². The average molecular weight is 448 g/mol. The van der Waals surface area contributed by atoms with Crippen molar-refractivity contribution in [2.75, 3.05) is 31.1 Å². The van der Waals surface area contributed by atoms with Gasteiger partial charge in [0.25, 0.3) is 5.91 Å². The molecule has 5 heteroatoms. The fourth-order valence-corrected chi connectivity index (χ4v) is 4.16. The van der Waals surface area contributed by atoms with E-state index in [1.807, 2.05) is 60.4 Å². The van der Waals surface area contributed by atoms with Gasteiger partial charge in [-0.1, -0.05) is 75.4 Å². The molecule has 176 valence electrons. The molecule has 1 heterocycles. The molecule has 0 saturated carbocycles. The molecule has 1 aliphatic rings. The van der Waals surface area contributed by atoms with E-state index in [0.717, 1.165) is 42.9 Å². The minimum Gasteiger partial charge on any atom is -0.304 e. The van der Waals surface area contributed by atoms with Crippen molar-refractivity contribution >= 4 is 11.6 Å². The number of hydrogen-bond donors (Lipinski definition) is 1. The first-order chi connectivity index (χ1) is 16.1. The number of nitrogens with one attached hydrogen (secondary N) is 1. The molecule has 1 amide bonds. The van der Waals surface area contributed by atoms with Gasteiger partial charge in [-0.05, 0) is 56.1 Å². The molecule has 1 unspecified atom stereocenters. The lowest BCUT2D eigenvalue weighted by Gasteiger charge is -2.44. The van der Waals surface area contributed by atoms with Crippen molar-refractivity contribution in [1.29, 1.82) is 0 Å². The molecule has 1 saturated heterocycles. The number of carbonyl (C=O) groups excluding carboxylic acids is 1. The van der Waals surface area contributed by atoms with Crippen LogP contribution >= 0.6 is 0 Å².